The monoisotopic (exact) mass is 286 g/mol. The van der Waals surface area contributed by atoms with E-state index in [2.05, 4.69) is 0 Å². The summed E-state index contributed by atoms with van der Waals surface area (Å²) in [7, 11) is 0. The highest BCUT2D eigenvalue weighted by atomic mass is 35.5. The van der Waals surface area contributed by atoms with Crippen LogP contribution in [-0.4, -0.2) is 22.6 Å². The van der Waals surface area contributed by atoms with Crippen molar-refractivity contribution < 1.29 is 19.5 Å². The average molecular weight is 287 g/mol. The van der Waals surface area contributed by atoms with Crippen molar-refractivity contribution in [2.75, 3.05) is 0 Å². The van der Waals surface area contributed by atoms with E-state index in [-0.39, 0.29) is 33.6 Å². The lowest BCUT2D eigenvalue weighted by atomic mass is 9.82. The number of carboxylic acids is 1. The highest BCUT2D eigenvalue weighted by molar-refractivity contribution is 6.34. The molecule has 0 saturated carbocycles. The Labute approximate surface area is 118 Å². The molecule has 0 fully saturated rings. The van der Waals surface area contributed by atoms with Crippen LogP contribution in [-0.2, 0) is 0 Å². The van der Waals surface area contributed by atoms with Gasteiger partial charge in [-0.2, -0.15) is 0 Å². The Morgan fingerprint density at radius 1 is 0.950 bits per heavy atom. The first-order chi connectivity index (χ1) is 9.50. The van der Waals surface area contributed by atoms with Crippen LogP contribution in [0.2, 0.25) is 5.02 Å². The first-order valence-corrected chi connectivity index (χ1v) is 6.13. The molecule has 5 heteroatoms. The second-order valence-corrected chi connectivity index (χ2v) is 4.82. The molecule has 20 heavy (non-hydrogen) atoms. The van der Waals surface area contributed by atoms with Gasteiger partial charge in [-0.05, 0) is 24.3 Å². The number of carboxylic acid groups (broad SMARTS) is 1. The van der Waals surface area contributed by atoms with Crippen LogP contribution in [0.5, 0.6) is 0 Å². The van der Waals surface area contributed by atoms with Gasteiger partial charge in [0.05, 0.1) is 5.56 Å². The van der Waals surface area contributed by atoms with Gasteiger partial charge in [0, 0.05) is 27.3 Å². The van der Waals surface area contributed by atoms with Gasteiger partial charge in [-0.1, -0.05) is 23.7 Å². The predicted molar refractivity (Wildman–Crippen MR) is 71.7 cm³/mol. The predicted octanol–water partition coefficient (Wildman–Crippen LogP) is 2.81. The molecular weight excluding hydrogens is 280 g/mol. The zero-order chi connectivity index (χ0) is 14.4. The lowest BCUT2D eigenvalue weighted by molar-refractivity contribution is 0.0692. The van der Waals surface area contributed by atoms with Crippen molar-refractivity contribution in [3.63, 3.8) is 0 Å². The summed E-state index contributed by atoms with van der Waals surface area (Å²) in [6.45, 7) is 0. The largest absolute Gasteiger partial charge is 0.478 e. The van der Waals surface area contributed by atoms with Gasteiger partial charge >= 0.3 is 5.97 Å². The fourth-order valence-electron chi connectivity index (χ4n) is 2.35. The molecule has 0 aliphatic heterocycles. The van der Waals surface area contributed by atoms with Crippen molar-refractivity contribution in [3.8, 4) is 0 Å². The normalized spacial score (nSPS) is 12.8. The van der Waals surface area contributed by atoms with Crippen LogP contribution in [0.1, 0.15) is 42.2 Å². The standard InChI is InChI=1S/C15H7ClO4/c16-7-4-5-8-11(6-7)13(17)9-2-1-3-10(15(19)20)12(9)14(8)18/h1-6H,(H,19,20). The average Bonchev–Trinajstić information content (AvgIpc) is 2.43. The Morgan fingerprint density at radius 3 is 2.40 bits per heavy atom. The van der Waals surface area contributed by atoms with Crippen LogP contribution in [0.15, 0.2) is 36.4 Å². The van der Waals surface area contributed by atoms with Gasteiger partial charge in [0.15, 0.2) is 11.6 Å². The van der Waals surface area contributed by atoms with E-state index in [0.717, 1.165) is 0 Å². The highest BCUT2D eigenvalue weighted by Gasteiger charge is 2.33. The molecule has 1 aliphatic carbocycles. The molecule has 0 unspecified atom stereocenters. The zero-order valence-electron chi connectivity index (χ0n) is 10.0. The van der Waals surface area contributed by atoms with Crippen LogP contribution in [0.3, 0.4) is 0 Å². The van der Waals surface area contributed by atoms with Gasteiger partial charge < -0.3 is 5.11 Å². The maximum absolute atomic E-state index is 12.4. The second-order valence-electron chi connectivity index (χ2n) is 4.38. The Balaban J connectivity index is 2.35. The molecule has 0 saturated heterocycles. The molecule has 0 heterocycles. The fourth-order valence-corrected chi connectivity index (χ4v) is 2.52. The summed E-state index contributed by atoms with van der Waals surface area (Å²) in [4.78, 5) is 36.0. The minimum Gasteiger partial charge on any atom is -0.478 e. The number of hydrogen-bond donors (Lipinski definition) is 1. The third-order valence-electron chi connectivity index (χ3n) is 3.24. The SMILES string of the molecule is O=C(O)c1cccc2c1C(=O)c1ccc(Cl)cc1C2=O. The van der Waals surface area contributed by atoms with Gasteiger partial charge in [0.2, 0.25) is 0 Å². The van der Waals surface area contributed by atoms with Crippen molar-refractivity contribution in [1.82, 2.24) is 0 Å². The molecule has 1 aliphatic rings. The molecule has 0 radical (unpaired) electrons. The number of benzene rings is 2. The summed E-state index contributed by atoms with van der Waals surface area (Å²) in [6.07, 6.45) is 0. The number of ketones is 2. The van der Waals surface area contributed by atoms with E-state index in [1.165, 1.54) is 36.4 Å². The molecular formula is C15H7ClO4. The quantitative estimate of drug-likeness (QED) is 0.746. The number of carbonyl (C=O) groups is 3. The van der Waals surface area contributed by atoms with E-state index in [9.17, 15) is 14.4 Å². The van der Waals surface area contributed by atoms with Crippen LogP contribution < -0.4 is 0 Å². The minimum absolute atomic E-state index is 0.0557. The maximum Gasteiger partial charge on any atom is 0.336 e. The zero-order valence-corrected chi connectivity index (χ0v) is 10.8. The summed E-state index contributed by atoms with van der Waals surface area (Å²) >= 11 is 5.84. The first kappa shape index (κ1) is 12.6. The topological polar surface area (TPSA) is 71.4 Å². The molecule has 0 amide bonds. The third-order valence-corrected chi connectivity index (χ3v) is 3.47. The van der Waals surface area contributed by atoms with Gasteiger partial charge in [0.1, 0.15) is 0 Å². The molecule has 0 aromatic heterocycles. The summed E-state index contributed by atoms with van der Waals surface area (Å²) in [6, 6.07) is 8.58. The number of fused-ring (bicyclic) bond motifs is 2. The summed E-state index contributed by atoms with van der Waals surface area (Å²) in [5.41, 5.74) is 0.268. The summed E-state index contributed by atoms with van der Waals surface area (Å²) < 4.78 is 0. The Morgan fingerprint density at radius 2 is 1.70 bits per heavy atom. The molecule has 2 aromatic carbocycles. The minimum atomic E-state index is -1.24. The van der Waals surface area contributed by atoms with Gasteiger partial charge in [-0.25, -0.2) is 4.79 Å². The van der Waals surface area contributed by atoms with Gasteiger partial charge in [-0.3, -0.25) is 9.59 Å². The molecule has 4 nitrogen and oxygen atoms in total. The third kappa shape index (κ3) is 1.66. The Hall–Kier alpha value is -2.46. The Bertz CT molecular complexity index is 792. The maximum atomic E-state index is 12.4. The van der Waals surface area contributed by atoms with E-state index < -0.39 is 11.8 Å². The van der Waals surface area contributed by atoms with Gasteiger partial charge in [-0.15, -0.1) is 0 Å². The van der Waals surface area contributed by atoms with E-state index in [0.29, 0.717) is 5.02 Å². The molecule has 0 bridgehead atoms. The number of carbonyl (C=O) groups excluding carboxylic acids is 2. The van der Waals surface area contributed by atoms with Crippen molar-refractivity contribution >= 4 is 29.1 Å². The number of halogens is 1. The van der Waals surface area contributed by atoms with Gasteiger partial charge in [0.25, 0.3) is 0 Å². The van der Waals surface area contributed by atoms with E-state index in [1.54, 1.807) is 0 Å². The van der Waals surface area contributed by atoms with E-state index in [4.69, 9.17) is 16.7 Å². The second kappa shape index (κ2) is 4.28. The first-order valence-electron chi connectivity index (χ1n) is 5.76. The summed E-state index contributed by atoms with van der Waals surface area (Å²) in [5.74, 6) is -2.09. The Kier molecular flexibility index (Phi) is 2.69. The van der Waals surface area contributed by atoms with Crippen molar-refractivity contribution in [2.45, 2.75) is 0 Å². The van der Waals surface area contributed by atoms with Crippen molar-refractivity contribution in [1.29, 1.82) is 0 Å². The lowest BCUT2D eigenvalue weighted by Crippen LogP contribution is -2.23. The molecule has 0 spiro atoms. The number of aromatic carboxylic acids is 1. The van der Waals surface area contributed by atoms with Crippen LogP contribution >= 0.6 is 11.6 Å². The van der Waals surface area contributed by atoms with Crippen LogP contribution in [0, 0.1) is 0 Å². The van der Waals surface area contributed by atoms with E-state index >= 15 is 0 Å². The number of hydrogen-bond acceptors (Lipinski definition) is 3. The van der Waals surface area contributed by atoms with Crippen molar-refractivity contribution in [2.24, 2.45) is 0 Å². The molecule has 2 aromatic rings. The fraction of sp³-hybridized carbons (Fsp3) is 0. The van der Waals surface area contributed by atoms with E-state index in [1.807, 2.05) is 0 Å². The smallest absolute Gasteiger partial charge is 0.336 e. The van der Waals surface area contributed by atoms with Crippen molar-refractivity contribution in [3.05, 3.63) is 69.2 Å². The number of rotatable bonds is 1. The molecule has 98 valence electrons. The van der Waals surface area contributed by atoms with Crippen LogP contribution in [0.4, 0.5) is 0 Å². The molecule has 1 N–H and O–H groups in total. The lowest BCUT2D eigenvalue weighted by Gasteiger charge is -2.18. The molecule has 3 rings (SSSR count). The summed E-state index contributed by atoms with van der Waals surface area (Å²) in [5, 5.41) is 9.50. The highest BCUT2D eigenvalue weighted by Crippen LogP contribution is 2.31. The molecule has 0 atom stereocenters. The van der Waals surface area contributed by atoms with Crippen LogP contribution in [0.25, 0.3) is 0 Å².